The number of nitrogens with one attached hydrogen (secondary N) is 2. The zero-order valence-electron chi connectivity index (χ0n) is 17.4. The van der Waals surface area contributed by atoms with Crippen LogP contribution in [-0.4, -0.2) is 36.8 Å². The third-order valence-corrected chi connectivity index (χ3v) is 6.61. The molecule has 1 amide bonds. The van der Waals surface area contributed by atoms with Crippen LogP contribution in [0.3, 0.4) is 0 Å². The van der Waals surface area contributed by atoms with E-state index < -0.39 is 0 Å². The van der Waals surface area contributed by atoms with E-state index in [0.29, 0.717) is 20.9 Å². The second kappa shape index (κ2) is 9.83. The topological polar surface area (TPSA) is 75.7 Å². The van der Waals surface area contributed by atoms with Crippen molar-refractivity contribution >= 4 is 57.5 Å². The molecule has 0 spiro atoms. The van der Waals surface area contributed by atoms with E-state index in [0.717, 1.165) is 16.3 Å². The van der Waals surface area contributed by atoms with Gasteiger partial charge in [-0.25, -0.2) is 0 Å². The van der Waals surface area contributed by atoms with Crippen molar-refractivity contribution in [3.05, 3.63) is 69.6 Å². The Bertz CT molecular complexity index is 1130. The zero-order valence-corrected chi connectivity index (χ0v) is 19.8. The van der Waals surface area contributed by atoms with E-state index in [1.54, 1.807) is 19.4 Å². The van der Waals surface area contributed by atoms with Crippen molar-refractivity contribution in [1.29, 1.82) is 0 Å². The van der Waals surface area contributed by atoms with Crippen molar-refractivity contribution < 1.29 is 14.3 Å². The first-order valence-corrected chi connectivity index (χ1v) is 11.3. The highest BCUT2D eigenvalue weighted by Gasteiger charge is 2.41. The first-order chi connectivity index (χ1) is 15.5. The fraction of sp³-hybridized carbons (Fsp3) is 0.227. The second-order valence-corrected chi connectivity index (χ2v) is 9.14. The SMILES string of the molecule is COCC(=O)Nc1cc(N2C(=S)NC(c3ccccn3)C2c2ccc(Cl)s2)ccc1OC. The number of rotatable bonds is 7. The fourth-order valence-corrected chi connectivity index (χ4v) is 5.21. The minimum absolute atomic E-state index is 0.0604. The van der Waals surface area contributed by atoms with Gasteiger partial charge >= 0.3 is 0 Å². The van der Waals surface area contributed by atoms with Crippen LogP contribution in [0.4, 0.5) is 11.4 Å². The molecule has 2 atom stereocenters. The van der Waals surface area contributed by atoms with Gasteiger partial charge in [-0.15, -0.1) is 11.3 Å². The average Bonchev–Trinajstić information content (AvgIpc) is 3.37. The largest absolute Gasteiger partial charge is 0.495 e. The summed E-state index contributed by atoms with van der Waals surface area (Å²) in [6.07, 6.45) is 1.76. The number of hydrogen-bond acceptors (Lipinski definition) is 6. The van der Waals surface area contributed by atoms with Crippen molar-refractivity contribution in [2.75, 3.05) is 31.0 Å². The number of thiophene rings is 1. The molecule has 2 unspecified atom stereocenters. The van der Waals surface area contributed by atoms with Gasteiger partial charge in [0.05, 0.1) is 34.9 Å². The number of halogens is 1. The molecule has 2 aromatic heterocycles. The Morgan fingerprint density at radius 1 is 1.28 bits per heavy atom. The first kappa shape index (κ1) is 22.5. The number of carbonyl (C=O) groups excluding carboxylic acids is 1. The lowest BCUT2D eigenvalue weighted by molar-refractivity contribution is -0.119. The molecule has 2 N–H and O–H groups in total. The van der Waals surface area contributed by atoms with E-state index in [1.165, 1.54) is 18.4 Å². The Balaban J connectivity index is 1.77. The zero-order chi connectivity index (χ0) is 22.7. The van der Waals surface area contributed by atoms with Crippen molar-refractivity contribution in [3.8, 4) is 5.75 Å². The summed E-state index contributed by atoms with van der Waals surface area (Å²) in [5.74, 6) is 0.256. The number of aromatic nitrogens is 1. The number of nitrogens with zero attached hydrogens (tertiary/aromatic N) is 2. The maximum atomic E-state index is 12.1. The predicted molar refractivity (Wildman–Crippen MR) is 131 cm³/mol. The van der Waals surface area contributed by atoms with E-state index in [-0.39, 0.29) is 24.6 Å². The Kier molecular flexibility index (Phi) is 6.90. The van der Waals surface area contributed by atoms with E-state index in [1.807, 2.05) is 47.4 Å². The number of amides is 1. The van der Waals surface area contributed by atoms with Gasteiger partial charge in [0, 0.05) is 23.9 Å². The van der Waals surface area contributed by atoms with Crippen LogP contribution in [0.2, 0.25) is 4.34 Å². The van der Waals surface area contributed by atoms with Crippen molar-refractivity contribution in [1.82, 2.24) is 10.3 Å². The molecule has 7 nitrogen and oxygen atoms in total. The van der Waals surface area contributed by atoms with Gasteiger partial charge in [-0.2, -0.15) is 0 Å². The summed E-state index contributed by atoms with van der Waals surface area (Å²) >= 11 is 13.5. The summed E-state index contributed by atoms with van der Waals surface area (Å²) in [4.78, 5) is 19.7. The summed E-state index contributed by atoms with van der Waals surface area (Å²) in [6.45, 7) is -0.0604. The quantitative estimate of drug-likeness (QED) is 0.472. The van der Waals surface area contributed by atoms with Crippen molar-refractivity contribution in [2.24, 2.45) is 0 Å². The van der Waals surface area contributed by atoms with Gasteiger partial charge < -0.3 is 25.0 Å². The van der Waals surface area contributed by atoms with E-state index >= 15 is 0 Å². The van der Waals surface area contributed by atoms with E-state index in [2.05, 4.69) is 15.6 Å². The van der Waals surface area contributed by atoms with Gasteiger partial charge in [-0.05, 0) is 54.7 Å². The van der Waals surface area contributed by atoms with Crippen LogP contribution < -0.4 is 20.3 Å². The fourth-order valence-electron chi connectivity index (χ4n) is 3.67. The maximum absolute atomic E-state index is 12.1. The number of pyridine rings is 1. The van der Waals surface area contributed by atoms with Crippen molar-refractivity contribution in [2.45, 2.75) is 12.1 Å². The summed E-state index contributed by atoms with van der Waals surface area (Å²) in [7, 11) is 3.02. The molecular formula is C22H21ClN4O3S2. The predicted octanol–water partition coefficient (Wildman–Crippen LogP) is 4.57. The number of carbonyl (C=O) groups is 1. The Hall–Kier alpha value is -2.72. The lowest BCUT2D eigenvalue weighted by Gasteiger charge is -2.27. The van der Waals surface area contributed by atoms with Crippen LogP contribution in [0.25, 0.3) is 0 Å². The molecular weight excluding hydrogens is 468 g/mol. The van der Waals surface area contributed by atoms with Gasteiger partial charge in [0.1, 0.15) is 12.4 Å². The number of benzene rings is 1. The van der Waals surface area contributed by atoms with Crippen LogP contribution >= 0.6 is 35.2 Å². The molecule has 1 fully saturated rings. The third-order valence-electron chi connectivity index (χ3n) is 4.99. The minimum atomic E-state index is -0.280. The molecule has 4 rings (SSSR count). The van der Waals surface area contributed by atoms with Gasteiger partial charge in [0.2, 0.25) is 5.91 Å². The monoisotopic (exact) mass is 488 g/mol. The molecule has 3 aromatic rings. The lowest BCUT2D eigenvalue weighted by atomic mass is 10.0. The van der Waals surface area contributed by atoms with Gasteiger partial charge in [0.25, 0.3) is 0 Å². The number of methoxy groups -OCH3 is 2. The highest BCUT2D eigenvalue weighted by molar-refractivity contribution is 7.80. The maximum Gasteiger partial charge on any atom is 0.250 e. The molecule has 0 saturated carbocycles. The van der Waals surface area contributed by atoms with Crippen LogP contribution in [0, 0.1) is 0 Å². The number of ether oxygens (including phenoxy) is 2. The standard InChI is InChI=1S/C22H21ClN4O3S2/c1-29-12-19(28)25-15-11-13(6-7-16(15)30-2)27-21(17-8-9-18(23)32-17)20(26-22(27)31)14-5-3-4-10-24-14/h3-11,20-21H,12H2,1-2H3,(H,25,28)(H,26,31). The summed E-state index contributed by atoms with van der Waals surface area (Å²) in [6, 6.07) is 14.9. The van der Waals surface area contributed by atoms with Gasteiger partial charge in [0.15, 0.2) is 5.11 Å². The second-order valence-electron chi connectivity index (χ2n) is 7.00. The third kappa shape index (κ3) is 4.56. The molecule has 1 aliphatic rings. The van der Waals surface area contributed by atoms with Crippen LogP contribution in [0.1, 0.15) is 22.7 Å². The first-order valence-electron chi connectivity index (χ1n) is 9.74. The Morgan fingerprint density at radius 3 is 2.78 bits per heavy atom. The molecule has 0 bridgehead atoms. The molecule has 3 heterocycles. The van der Waals surface area contributed by atoms with E-state index in [9.17, 15) is 4.79 Å². The number of anilines is 2. The molecule has 0 aliphatic carbocycles. The van der Waals surface area contributed by atoms with Gasteiger partial charge in [-0.1, -0.05) is 17.7 Å². The van der Waals surface area contributed by atoms with Crippen LogP contribution in [0.15, 0.2) is 54.7 Å². The summed E-state index contributed by atoms with van der Waals surface area (Å²) in [5.41, 5.74) is 2.19. The average molecular weight is 489 g/mol. The Labute approximate surface area is 200 Å². The highest BCUT2D eigenvalue weighted by Crippen LogP contribution is 2.45. The molecule has 0 radical (unpaired) electrons. The number of thiocarbonyl (C=S) groups is 1. The molecule has 166 valence electrons. The van der Waals surface area contributed by atoms with E-state index in [4.69, 9.17) is 33.3 Å². The van der Waals surface area contributed by atoms with Crippen LogP contribution in [0.5, 0.6) is 5.75 Å². The minimum Gasteiger partial charge on any atom is -0.495 e. The molecule has 1 aromatic carbocycles. The van der Waals surface area contributed by atoms with Crippen molar-refractivity contribution in [3.63, 3.8) is 0 Å². The van der Waals surface area contributed by atoms with Gasteiger partial charge in [-0.3, -0.25) is 9.78 Å². The van der Waals surface area contributed by atoms with Crippen LogP contribution in [-0.2, 0) is 9.53 Å². The smallest absolute Gasteiger partial charge is 0.250 e. The molecule has 1 saturated heterocycles. The molecule has 10 heteroatoms. The summed E-state index contributed by atoms with van der Waals surface area (Å²) < 4.78 is 11.0. The highest BCUT2D eigenvalue weighted by atomic mass is 35.5. The summed E-state index contributed by atoms with van der Waals surface area (Å²) in [5, 5.41) is 6.79. The molecule has 1 aliphatic heterocycles. The lowest BCUT2D eigenvalue weighted by Crippen LogP contribution is -2.29. The normalized spacial score (nSPS) is 17.8. The Morgan fingerprint density at radius 2 is 2.12 bits per heavy atom. The molecule has 32 heavy (non-hydrogen) atoms. The number of hydrogen-bond donors (Lipinski definition) is 2.